The van der Waals surface area contributed by atoms with Gasteiger partial charge in [-0.1, -0.05) is 12.1 Å². The molecule has 2 fully saturated rings. The van der Waals surface area contributed by atoms with Crippen LogP contribution < -0.4 is 10.1 Å². The van der Waals surface area contributed by atoms with Crippen molar-refractivity contribution in [2.75, 3.05) is 24.8 Å². The summed E-state index contributed by atoms with van der Waals surface area (Å²) in [6.45, 7) is 3.69. The number of benzene rings is 2. The normalized spacial score (nSPS) is 22.0. The molecule has 2 unspecified atom stereocenters. The first kappa shape index (κ1) is 25.5. The number of halogens is 2. The average Bonchev–Trinajstić information content (AvgIpc) is 2.84. The highest BCUT2D eigenvalue weighted by atomic mass is 32.2. The van der Waals surface area contributed by atoms with Gasteiger partial charge in [0, 0.05) is 37.7 Å². The molecule has 2 aliphatic heterocycles. The second-order valence-corrected chi connectivity index (χ2v) is 11.6. The monoisotopic (exact) mass is 530 g/mol. The zero-order valence-electron chi connectivity index (χ0n) is 20.5. The van der Waals surface area contributed by atoms with Crippen LogP contribution in [0.15, 0.2) is 53.7 Å². The molecule has 3 atom stereocenters. The topological polar surface area (TPSA) is 93.7 Å². The van der Waals surface area contributed by atoms with Crippen molar-refractivity contribution in [2.45, 2.75) is 49.4 Å². The van der Waals surface area contributed by atoms with Crippen LogP contribution in [0.5, 0.6) is 5.88 Å². The van der Waals surface area contributed by atoms with Crippen molar-refractivity contribution >= 4 is 21.3 Å². The zero-order chi connectivity index (χ0) is 26.2. The number of morpholine rings is 1. The molecule has 2 aromatic carbocycles. The second-order valence-electron chi connectivity index (χ2n) is 9.55. The van der Waals surface area contributed by atoms with Gasteiger partial charge < -0.3 is 14.8 Å². The molecule has 8 nitrogen and oxygen atoms in total. The number of nitrogens with zero attached hydrogens (tertiary/aromatic N) is 3. The molecule has 1 N–H and O–H groups in total. The first-order chi connectivity index (χ1) is 17.7. The van der Waals surface area contributed by atoms with Crippen LogP contribution >= 0.6 is 0 Å². The summed E-state index contributed by atoms with van der Waals surface area (Å²) in [5.74, 6) is -0.179. The molecule has 2 saturated heterocycles. The number of piperidine rings is 1. The highest BCUT2D eigenvalue weighted by Gasteiger charge is 2.40. The minimum absolute atomic E-state index is 0.0874. The fourth-order valence-corrected chi connectivity index (χ4v) is 5.52. The summed E-state index contributed by atoms with van der Waals surface area (Å²) >= 11 is 0. The van der Waals surface area contributed by atoms with E-state index < -0.39 is 15.7 Å². The molecule has 2 bridgehead atoms. The van der Waals surface area contributed by atoms with Gasteiger partial charge in [0.25, 0.3) is 0 Å². The Morgan fingerprint density at radius 2 is 1.78 bits per heavy atom. The number of nitrogens with one attached hydrogen (secondary N) is 1. The molecule has 3 heterocycles. The minimum atomic E-state index is -3.52. The van der Waals surface area contributed by atoms with Gasteiger partial charge in [-0.15, -0.1) is 0 Å². The molecule has 0 saturated carbocycles. The standard InChI is InChI=1S/C26H28F2N4O4S/c1-16-25(31-24-8-7-22(11-23(24)28)37(2,33)34)29-15-30-26(16)36-21-9-19-13-35-14-20(10-21)32(19)12-17-3-5-18(27)6-4-17/h3-8,11,15,19-21H,9-10,12-14H2,1-2H3,(H,29,30,31)/t19-,20?,21?/m1/s1. The average molecular weight is 531 g/mol. The van der Waals surface area contributed by atoms with E-state index in [9.17, 15) is 17.2 Å². The first-order valence-electron chi connectivity index (χ1n) is 12.0. The van der Waals surface area contributed by atoms with Crippen molar-refractivity contribution < 1.29 is 26.7 Å². The van der Waals surface area contributed by atoms with E-state index in [0.29, 0.717) is 30.5 Å². The third kappa shape index (κ3) is 5.73. The number of fused-ring (bicyclic) bond motifs is 2. The van der Waals surface area contributed by atoms with E-state index in [0.717, 1.165) is 37.3 Å². The van der Waals surface area contributed by atoms with Gasteiger partial charge in [-0.25, -0.2) is 27.2 Å². The van der Waals surface area contributed by atoms with Crippen molar-refractivity contribution in [3.63, 3.8) is 0 Å². The Balaban J connectivity index is 1.28. The van der Waals surface area contributed by atoms with Crippen LogP contribution in [-0.4, -0.2) is 60.9 Å². The maximum atomic E-state index is 14.6. The Morgan fingerprint density at radius 1 is 1.08 bits per heavy atom. The van der Waals surface area contributed by atoms with Crippen LogP contribution in [0.25, 0.3) is 0 Å². The van der Waals surface area contributed by atoms with E-state index >= 15 is 0 Å². The number of sulfone groups is 1. The number of rotatable bonds is 7. The molecule has 37 heavy (non-hydrogen) atoms. The van der Waals surface area contributed by atoms with Gasteiger partial charge in [-0.2, -0.15) is 0 Å². The van der Waals surface area contributed by atoms with E-state index in [2.05, 4.69) is 20.2 Å². The smallest absolute Gasteiger partial charge is 0.221 e. The third-order valence-electron chi connectivity index (χ3n) is 6.84. The molecule has 5 rings (SSSR count). The lowest BCUT2D eigenvalue weighted by atomic mass is 9.91. The van der Waals surface area contributed by atoms with Crippen LogP contribution in [0.1, 0.15) is 24.0 Å². The molecular weight excluding hydrogens is 502 g/mol. The SMILES string of the molecule is Cc1c(Nc2ccc(S(C)(=O)=O)cc2F)ncnc1OC1CC2COC[C@@H](C1)N2Cc1ccc(F)cc1. The Hall–Kier alpha value is -3.15. The summed E-state index contributed by atoms with van der Waals surface area (Å²) in [5, 5.41) is 2.92. The van der Waals surface area contributed by atoms with E-state index in [1.165, 1.54) is 30.6 Å². The van der Waals surface area contributed by atoms with Crippen LogP contribution in [0.3, 0.4) is 0 Å². The molecule has 2 aliphatic rings. The van der Waals surface area contributed by atoms with Crippen molar-refractivity contribution in [1.29, 1.82) is 0 Å². The summed E-state index contributed by atoms with van der Waals surface area (Å²) < 4.78 is 63.4. The molecule has 196 valence electrons. The van der Waals surface area contributed by atoms with Gasteiger partial charge in [-0.3, -0.25) is 4.90 Å². The maximum absolute atomic E-state index is 14.6. The summed E-state index contributed by atoms with van der Waals surface area (Å²) in [6.07, 6.45) is 3.77. The predicted molar refractivity (Wildman–Crippen MR) is 134 cm³/mol. The molecule has 0 amide bonds. The number of hydrogen-bond donors (Lipinski definition) is 1. The lowest BCUT2D eigenvalue weighted by molar-refractivity contribution is -0.104. The Morgan fingerprint density at radius 3 is 2.43 bits per heavy atom. The van der Waals surface area contributed by atoms with E-state index in [1.807, 2.05) is 12.1 Å². The van der Waals surface area contributed by atoms with Gasteiger partial charge >= 0.3 is 0 Å². The molecule has 1 aromatic heterocycles. The van der Waals surface area contributed by atoms with Crippen LogP contribution in [0.4, 0.5) is 20.3 Å². The highest BCUT2D eigenvalue weighted by Crippen LogP contribution is 2.33. The molecule has 0 spiro atoms. The fraction of sp³-hybridized carbons (Fsp3) is 0.385. The van der Waals surface area contributed by atoms with Gasteiger partial charge in [-0.05, 0) is 42.8 Å². The highest BCUT2D eigenvalue weighted by molar-refractivity contribution is 7.90. The van der Waals surface area contributed by atoms with E-state index in [-0.39, 0.29) is 34.6 Å². The fourth-order valence-electron chi connectivity index (χ4n) is 4.89. The van der Waals surface area contributed by atoms with Crippen LogP contribution in [0, 0.1) is 18.6 Å². The first-order valence-corrected chi connectivity index (χ1v) is 13.9. The molecule has 0 aliphatic carbocycles. The third-order valence-corrected chi connectivity index (χ3v) is 7.95. The van der Waals surface area contributed by atoms with Crippen LogP contribution in [0.2, 0.25) is 0 Å². The lowest BCUT2D eigenvalue weighted by Gasteiger charge is -2.48. The molecule has 3 aromatic rings. The van der Waals surface area contributed by atoms with Crippen molar-refractivity contribution in [3.05, 3.63) is 71.6 Å². The Bertz CT molecular complexity index is 1370. The summed E-state index contributed by atoms with van der Waals surface area (Å²) in [7, 11) is -3.52. The quantitative estimate of drug-likeness (QED) is 0.490. The number of anilines is 2. The summed E-state index contributed by atoms with van der Waals surface area (Å²) in [5.41, 5.74) is 1.77. The van der Waals surface area contributed by atoms with Gasteiger partial charge in [0.2, 0.25) is 5.88 Å². The van der Waals surface area contributed by atoms with E-state index in [1.54, 1.807) is 6.92 Å². The predicted octanol–water partition coefficient (Wildman–Crippen LogP) is 4.02. The van der Waals surface area contributed by atoms with Gasteiger partial charge in [0.05, 0.1) is 29.4 Å². The molecule has 0 radical (unpaired) electrons. The van der Waals surface area contributed by atoms with E-state index in [4.69, 9.17) is 9.47 Å². The number of hydrogen-bond acceptors (Lipinski definition) is 8. The molecular formula is C26H28F2N4O4S. The minimum Gasteiger partial charge on any atom is -0.474 e. The number of ether oxygens (including phenoxy) is 2. The maximum Gasteiger partial charge on any atom is 0.221 e. The largest absolute Gasteiger partial charge is 0.474 e. The second kappa shape index (κ2) is 10.3. The number of aromatic nitrogens is 2. The molecule has 11 heteroatoms. The van der Waals surface area contributed by atoms with Gasteiger partial charge in [0.1, 0.15) is 29.9 Å². The van der Waals surface area contributed by atoms with Crippen molar-refractivity contribution in [3.8, 4) is 5.88 Å². The lowest BCUT2D eigenvalue weighted by Crippen LogP contribution is -2.58. The Labute approximate surface area is 214 Å². The Kier molecular flexibility index (Phi) is 7.11. The summed E-state index contributed by atoms with van der Waals surface area (Å²) in [6, 6.07) is 10.6. The van der Waals surface area contributed by atoms with Crippen LogP contribution in [-0.2, 0) is 21.1 Å². The zero-order valence-corrected chi connectivity index (χ0v) is 21.3. The van der Waals surface area contributed by atoms with Crippen molar-refractivity contribution in [2.24, 2.45) is 0 Å². The van der Waals surface area contributed by atoms with Crippen molar-refractivity contribution in [1.82, 2.24) is 14.9 Å². The van der Waals surface area contributed by atoms with Gasteiger partial charge in [0.15, 0.2) is 9.84 Å². The summed E-state index contributed by atoms with van der Waals surface area (Å²) in [4.78, 5) is 10.8.